The quantitative estimate of drug-likeness (QED) is 0.439. The molecule has 1 aliphatic heterocycles. The first kappa shape index (κ1) is 21.2. The van der Waals surface area contributed by atoms with Crippen LogP contribution in [-0.2, 0) is 0 Å². The predicted octanol–water partition coefficient (Wildman–Crippen LogP) is 3.58. The van der Waals surface area contributed by atoms with E-state index in [2.05, 4.69) is 15.3 Å². The lowest BCUT2D eigenvalue weighted by atomic mass is 10.1. The second kappa shape index (κ2) is 7.88. The molecule has 4 aromatic rings. The molecule has 2 fully saturated rings. The molecule has 0 unspecified atom stereocenters. The third kappa shape index (κ3) is 3.46. The zero-order valence-electron chi connectivity index (χ0n) is 18.2. The molecule has 6 rings (SSSR count). The van der Waals surface area contributed by atoms with E-state index in [4.69, 9.17) is 5.73 Å². The van der Waals surface area contributed by atoms with Crippen molar-refractivity contribution in [2.75, 3.05) is 12.3 Å². The summed E-state index contributed by atoms with van der Waals surface area (Å²) in [6, 6.07) is 6.09. The summed E-state index contributed by atoms with van der Waals surface area (Å²) in [5, 5.41) is 3.27. The number of nitrogens with zero attached hydrogens (tertiary/aromatic N) is 4. The first-order valence-corrected chi connectivity index (χ1v) is 12.6. The normalized spacial score (nSPS) is 21.1. The number of hydrogen-bond acceptors (Lipinski definition) is 7. The Bertz CT molecular complexity index is 1440. The van der Waals surface area contributed by atoms with Crippen molar-refractivity contribution in [3.8, 4) is 10.4 Å². The van der Waals surface area contributed by atoms with Crippen molar-refractivity contribution in [1.29, 1.82) is 0 Å². The van der Waals surface area contributed by atoms with Gasteiger partial charge in [0.2, 0.25) is 0 Å². The number of nitrogen functional groups attached to an aromatic ring is 1. The maximum atomic E-state index is 13.8. The summed E-state index contributed by atoms with van der Waals surface area (Å²) in [6.45, 7) is 2.24. The Labute approximate surface area is 202 Å². The number of nitrogens with one attached hydrogen (secondary N) is 1. The van der Waals surface area contributed by atoms with Crippen LogP contribution in [0.3, 0.4) is 0 Å². The van der Waals surface area contributed by atoms with E-state index >= 15 is 0 Å². The van der Waals surface area contributed by atoms with Gasteiger partial charge in [-0.3, -0.25) is 14.0 Å². The Morgan fingerprint density at radius 3 is 2.94 bits per heavy atom. The number of imidazole rings is 1. The van der Waals surface area contributed by atoms with E-state index in [1.165, 1.54) is 34.8 Å². The Morgan fingerprint density at radius 1 is 1.29 bits per heavy atom. The van der Waals surface area contributed by atoms with Crippen LogP contribution in [0.25, 0.3) is 15.4 Å². The molecule has 1 saturated carbocycles. The van der Waals surface area contributed by atoms with Gasteiger partial charge in [0, 0.05) is 30.7 Å². The summed E-state index contributed by atoms with van der Waals surface area (Å²) in [4.78, 5) is 38.9. The van der Waals surface area contributed by atoms with Crippen LogP contribution in [-0.4, -0.2) is 49.7 Å². The average Bonchev–Trinajstić information content (AvgIpc) is 3.19. The van der Waals surface area contributed by atoms with Gasteiger partial charge in [0.25, 0.3) is 11.8 Å². The van der Waals surface area contributed by atoms with Crippen molar-refractivity contribution in [1.82, 2.24) is 24.6 Å². The van der Waals surface area contributed by atoms with Gasteiger partial charge in [0.05, 0.1) is 10.9 Å². The smallest absolute Gasteiger partial charge is 0.274 e. The summed E-state index contributed by atoms with van der Waals surface area (Å²) in [6.07, 6.45) is 5.32. The molecule has 4 heterocycles. The Hall–Kier alpha value is -3.31. The van der Waals surface area contributed by atoms with Crippen molar-refractivity contribution < 1.29 is 14.0 Å². The van der Waals surface area contributed by atoms with Crippen LogP contribution in [0.15, 0.2) is 36.7 Å². The second-order valence-electron chi connectivity index (χ2n) is 8.71. The summed E-state index contributed by atoms with van der Waals surface area (Å²) < 4.78 is 15.7. The van der Waals surface area contributed by atoms with Gasteiger partial charge in [-0.25, -0.2) is 14.4 Å². The highest BCUT2D eigenvalue weighted by molar-refractivity contribution is 7.19. The minimum Gasteiger partial charge on any atom is -0.375 e. The molecule has 8 nitrogen and oxygen atoms in total. The van der Waals surface area contributed by atoms with Gasteiger partial charge in [-0.1, -0.05) is 34.8 Å². The lowest BCUT2D eigenvalue weighted by molar-refractivity contribution is 0.0685. The number of halogens is 1. The first-order chi connectivity index (χ1) is 16.4. The molecule has 3 aromatic heterocycles. The molecule has 174 valence electrons. The zero-order valence-corrected chi connectivity index (χ0v) is 19.8. The zero-order chi connectivity index (χ0) is 23.6. The standard InChI is InChI=1S/C23H21FN6O2S2/c1-11-18(34-23-26-5-6-29(11)23)20(31)27-10-15-8-13-9-16(13)30(15)21(32)17-19(33-22(25)28-17)12-3-2-4-14(24)7-12/h2-7,13,15-16H,8-10H2,1H3,(H2,25,28)(H,27,31)/t13-,15+,16+/m1/s1. The van der Waals surface area contributed by atoms with E-state index in [1.807, 2.05) is 22.4 Å². The number of rotatable bonds is 5. The highest BCUT2D eigenvalue weighted by atomic mass is 32.1. The molecule has 0 bridgehead atoms. The minimum absolute atomic E-state index is 0.132. The monoisotopic (exact) mass is 496 g/mol. The number of benzene rings is 1. The molecule has 2 aliphatic rings. The van der Waals surface area contributed by atoms with Crippen molar-refractivity contribution in [2.45, 2.75) is 31.8 Å². The van der Waals surface area contributed by atoms with Gasteiger partial charge in [0.1, 0.15) is 16.4 Å². The van der Waals surface area contributed by atoms with Crippen LogP contribution in [0, 0.1) is 18.7 Å². The fraction of sp³-hybridized carbons (Fsp3) is 0.304. The summed E-state index contributed by atoms with van der Waals surface area (Å²) >= 11 is 2.52. The molecule has 3 N–H and O–H groups in total. The summed E-state index contributed by atoms with van der Waals surface area (Å²) in [5.41, 5.74) is 7.61. The lowest BCUT2D eigenvalue weighted by Crippen LogP contribution is -2.45. The topological polar surface area (TPSA) is 106 Å². The van der Waals surface area contributed by atoms with Crippen molar-refractivity contribution >= 4 is 44.6 Å². The van der Waals surface area contributed by atoms with Crippen LogP contribution in [0.4, 0.5) is 9.52 Å². The summed E-state index contributed by atoms with van der Waals surface area (Å²) in [5.74, 6) is -0.337. The van der Waals surface area contributed by atoms with E-state index in [9.17, 15) is 14.0 Å². The molecule has 0 spiro atoms. The third-order valence-corrected chi connectivity index (χ3v) is 8.68. The van der Waals surface area contributed by atoms with Gasteiger partial charge in [-0.15, -0.1) is 0 Å². The van der Waals surface area contributed by atoms with Crippen molar-refractivity contribution in [3.05, 3.63) is 58.7 Å². The predicted molar refractivity (Wildman–Crippen MR) is 129 cm³/mol. The number of hydrogen-bond donors (Lipinski definition) is 2. The molecule has 0 radical (unpaired) electrons. The molecular weight excluding hydrogens is 475 g/mol. The fourth-order valence-corrected chi connectivity index (χ4v) is 6.71. The highest BCUT2D eigenvalue weighted by Crippen LogP contribution is 2.49. The molecule has 1 aromatic carbocycles. The van der Waals surface area contributed by atoms with Gasteiger partial charge in [-0.05, 0) is 43.4 Å². The van der Waals surface area contributed by atoms with E-state index in [0.29, 0.717) is 27.8 Å². The molecule has 2 amide bonds. The Kier molecular flexibility index (Phi) is 4.92. The lowest BCUT2D eigenvalue weighted by Gasteiger charge is -2.27. The largest absolute Gasteiger partial charge is 0.375 e. The number of fused-ring (bicyclic) bond motifs is 2. The number of amides is 2. The maximum Gasteiger partial charge on any atom is 0.274 e. The van der Waals surface area contributed by atoms with E-state index in [0.717, 1.165) is 23.5 Å². The molecular formula is C23H21FN6O2S2. The van der Waals surface area contributed by atoms with E-state index < -0.39 is 0 Å². The number of likely N-dealkylation sites (tertiary alicyclic amines) is 1. The highest BCUT2D eigenvalue weighted by Gasteiger charge is 2.54. The molecule has 1 saturated heterocycles. The van der Waals surface area contributed by atoms with Crippen LogP contribution in [0.2, 0.25) is 0 Å². The Balaban J connectivity index is 1.23. The SMILES string of the molecule is Cc1c(C(=O)NC[C@@H]2C[C@@H]3C[C@@H]3N2C(=O)c2nc(N)sc2-c2cccc(F)c2)sc2nccn12. The number of aryl methyl sites for hydroxylation is 1. The van der Waals surface area contributed by atoms with E-state index in [-0.39, 0.29) is 40.5 Å². The van der Waals surface area contributed by atoms with Gasteiger partial charge < -0.3 is 16.0 Å². The fourth-order valence-electron chi connectivity index (χ4n) is 4.88. The number of anilines is 1. The number of carbonyl (C=O) groups excluding carboxylic acids is 2. The second-order valence-corrected chi connectivity index (χ2v) is 10.7. The van der Waals surface area contributed by atoms with Crippen LogP contribution in [0.1, 0.15) is 38.7 Å². The number of nitrogens with two attached hydrogens (primary N) is 1. The van der Waals surface area contributed by atoms with Crippen molar-refractivity contribution in [2.24, 2.45) is 5.92 Å². The number of piperidine rings is 1. The van der Waals surface area contributed by atoms with Gasteiger partial charge >= 0.3 is 0 Å². The van der Waals surface area contributed by atoms with Crippen LogP contribution < -0.4 is 11.1 Å². The van der Waals surface area contributed by atoms with E-state index in [1.54, 1.807) is 18.3 Å². The molecule has 34 heavy (non-hydrogen) atoms. The summed E-state index contributed by atoms with van der Waals surface area (Å²) in [7, 11) is 0. The van der Waals surface area contributed by atoms with Crippen LogP contribution >= 0.6 is 22.7 Å². The first-order valence-electron chi connectivity index (χ1n) is 11.0. The number of carbonyl (C=O) groups is 2. The number of thiazole rings is 2. The Morgan fingerprint density at radius 2 is 2.15 bits per heavy atom. The van der Waals surface area contributed by atoms with Crippen molar-refractivity contribution in [3.63, 3.8) is 0 Å². The molecule has 1 aliphatic carbocycles. The average molecular weight is 497 g/mol. The van der Waals surface area contributed by atoms with Gasteiger partial charge in [0.15, 0.2) is 10.1 Å². The maximum absolute atomic E-state index is 13.8. The molecule has 3 atom stereocenters. The minimum atomic E-state index is -0.386. The number of aromatic nitrogens is 3. The van der Waals surface area contributed by atoms with Gasteiger partial charge in [-0.2, -0.15) is 0 Å². The third-order valence-electron chi connectivity index (χ3n) is 6.57. The van der Waals surface area contributed by atoms with Crippen LogP contribution in [0.5, 0.6) is 0 Å². The molecule has 11 heteroatoms.